The van der Waals surface area contributed by atoms with Gasteiger partial charge in [-0.1, -0.05) is 6.07 Å². The number of piperidine rings is 1. The van der Waals surface area contributed by atoms with Crippen LogP contribution in [0.3, 0.4) is 0 Å². The van der Waals surface area contributed by atoms with Gasteiger partial charge < -0.3 is 10.6 Å². The molecule has 1 aliphatic heterocycles. The molecule has 2 heterocycles. The van der Waals surface area contributed by atoms with Gasteiger partial charge in [0.25, 0.3) is 0 Å². The van der Waals surface area contributed by atoms with Crippen LogP contribution in [0, 0.1) is 0 Å². The predicted octanol–water partition coefficient (Wildman–Crippen LogP) is 2.12. The molecule has 0 spiro atoms. The number of aryl methyl sites for hydroxylation is 2. The third kappa shape index (κ3) is 2.29. The van der Waals surface area contributed by atoms with E-state index >= 15 is 0 Å². The second kappa shape index (κ2) is 4.30. The lowest BCUT2D eigenvalue weighted by atomic mass is 9.90. The van der Waals surface area contributed by atoms with E-state index in [0.717, 1.165) is 25.3 Å². The lowest BCUT2D eigenvalue weighted by Crippen LogP contribution is -2.45. The molecule has 0 saturated carbocycles. The second-order valence-corrected chi connectivity index (χ2v) is 5.59. The fourth-order valence-corrected chi connectivity index (χ4v) is 2.90. The van der Waals surface area contributed by atoms with Gasteiger partial charge in [0.15, 0.2) is 0 Å². The first kappa shape index (κ1) is 11.0. The molecule has 0 atom stereocenters. The van der Waals surface area contributed by atoms with E-state index in [4.69, 9.17) is 4.98 Å². The average molecular weight is 231 g/mol. The number of hydrogen-bond acceptors (Lipinski definition) is 3. The van der Waals surface area contributed by atoms with Crippen LogP contribution in [0.1, 0.15) is 37.4 Å². The molecule has 2 N–H and O–H groups in total. The molecule has 2 aliphatic rings. The largest absolute Gasteiger partial charge is 0.365 e. The van der Waals surface area contributed by atoms with Gasteiger partial charge in [-0.2, -0.15) is 0 Å². The van der Waals surface area contributed by atoms with Gasteiger partial charge in [0.05, 0.1) is 0 Å². The van der Waals surface area contributed by atoms with E-state index in [1.807, 2.05) is 0 Å². The molecule has 3 rings (SSSR count). The third-order valence-corrected chi connectivity index (χ3v) is 4.07. The Balaban J connectivity index is 1.76. The summed E-state index contributed by atoms with van der Waals surface area (Å²) in [7, 11) is 0. The summed E-state index contributed by atoms with van der Waals surface area (Å²) >= 11 is 0. The zero-order valence-corrected chi connectivity index (χ0v) is 10.6. The molecule has 3 heteroatoms. The van der Waals surface area contributed by atoms with Crippen molar-refractivity contribution >= 4 is 5.82 Å². The number of aromatic nitrogens is 1. The highest BCUT2D eigenvalue weighted by Gasteiger charge is 2.27. The van der Waals surface area contributed by atoms with E-state index in [1.165, 1.54) is 36.9 Å². The minimum atomic E-state index is 0.213. The Kier molecular flexibility index (Phi) is 2.79. The molecular weight excluding hydrogens is 210 g/mol. The lowest BCUT2D eigenvalue weighted by Gasteiger charge is -2.35. The van der Waals surface area contributed by atoms with E-state index < -0.39 is 0 Å². The molecular formula is C14H21N3. The maximum atomic E-state index is 4.76. The summed E-state index contributed by atoms with van der Waals surface area (Å²) in [6.45, 7) is 4.52. The molecule has 0 unspecified atom stereocenters. The molecule has 1 aromatic rings. The first-order valence-corrected chi connectivity index (χ1v) is 6.73. The van der Waals surface area contributed by atoms with Crippen molar-refractivity contribution in [2.24, 2.45) is 0 Å². The minimum absolute atomic E-state index is 0.213. The van der Waals surface area contributed by atoms with Crippen LogP contribution in [0.15, 0.2) is 12.1 Å². The fraction of sp³-hybridized carbons (Fsp3) is 0.643. The number of rotatable bonds is 2. The molecule has 0 bridgehead atoms. The van der Waals surface area contributed by atoms with Gasteiger partial charge in [-0.15, -0.1) is 0 Å². The van der Waals surface area contributed by atoms with E-state index in [1.54, 1.807) is 0 Å². The number of nitrogens with zero attached hydrogens (tertiary/aromatic N) is 1. The maximum absolute atomic E-state index is 4.76. The molecule has 0 amide bonds. The zero-order valence-electron chi connectivity index (χ0n) is 10.6. The van der Waals surface area contributed by atoms with Crippen LogP contribution in [0.4, 0.5) is 5.82 Å². The molecule has 0 radical (unpaired) electrons. The van der Waals surface area contributed by atoms with Crippen LogP contribution in [0.2, 0.25) is 0 Å². The van der Waals surface area contributed by atoms with Crippen LogP contribution in [0.5, 0.6) is 0 Å². The predicted molar refractivity (Wildman–Crippen MR) is 70.4 cm³/mol. The summed E-state index contributed by atoms with van der Waals surface area (Å²) in [5, 5.41) is 7.04. The summed E-state index contributed by atoms with van der Waals surface area (Å²) < 4.78 is 0. The molecule has 3 nitrogen and oxygen atoms in total. The average Bonchev–Trinajstić information content (AvgIpc) is 2.76. The Morgan fingerprint density at radius 1 is 1.24 bits per heavy atom. The van der Waals surface area contributed by atoms with Crippen LogP contribution in [0.25, 0.3) is 0 Å². The summed E-state index contributed by atoms with van der Waals surface area (Å²) in [4.78, 5) is 4.76. The van der Waals surface area contributed by atoms with Crippen molar-refractivity contribution in [3.8, 4) is 0 Å². The summed E-state index contributed by atoms with van der Waals surface area (Å²) in [5.41, 5.74) is 2.98. The lowest BCUT2D eigenvalue weighted by molar-refractivity contribution is 0.364. The quantitative estimate of drug-likeness (QED) is 0.818. The van der Waals surface area contributed by atoms with E-state index in [-0.39, 0.29) is 5.54 Å². The van der Waals surface area contributed by atoms with Gasteiger partial charge in [0, 0.05) is 11.2 Å². The Labute approximate surface area is 103 Å². The van der Waals surface area contributed by atoms with Crippen LogP contribution in [-0.2, 0) is 12.8 Å². The molecule has 92 valence electrons. The summed E-state index contributed by atoms with van der Waals surface area (Å²) in [5.74, 6) is 1.06. The number of fused-ring (bicyclic) bond motifs is 1. The number of pyridine rings is 1. The van der Waals surface area contributed by atoms with Gasteiger partial charge in [-0.05, 0) is 63.7 Å². The Hall–Kier alpha value is -1.09. The van der Waals surface area contributed by atoms with Crippen LogP contribution < -0.4 is 10.6 Å². The number of hydrogen-bond donors (Lipinski definition) is 2. The number of anilines is 1. The normalized spacial score (nSPS) is 22.2. The Morgan fingerprint density at radius 3 is 2.88 bits per heavy atom. The van der Waals surface area contributed by atoms with Crippen molar-refractivity contribution in [2.45, 2.75) is 44.6 Å². The molecule has 0 aromatic carbocycles. The summed E-state index contributed by atoms with van der Waals surface area (Å²) in [6.07, 6.45) is 5.98. The number of nitrogens with one attached hydrogen (secondary N) is 2. The van der Waals surface area contributed by atoms with E-state index in [2.05, 4.69) is 29.7 Å². The Bertz CT molecular complexity index is 408. The van der Waals surface area contributed by atoms with Crippen molar-refractivity contribution in [3.05, 3.63) is 23.4 Å². The molecule has 1 aromatic heterocycles. The highest BCUT2D eigenvalue weighted by atomic mass is 15.1. The topological polar surface area (TPSA) is 37.0 Å². The van der Waals surface area contributed by atoms with Gasteiger partial charge in [0.2, 0.25) is 0 Å². The zero-order chi connectivity index (χ0) is 11.7. The van der Waals surface area contributed by atoms with Gasteiger partial charge in [0.1, 0.15) is 5.82 Å². The van der Waals surface area contributed by atoms with Gasteiger partial charge in [-0.3, -0.25) is 0 Å². The van der Waals surface area contributed by atoms with Crippen molar-refractivity contribution in [3.63, 3.8) is 0 Å². The Morgan fingerprint density at radius 2 is 2.06 bits per heavy atom. The van der Waals surface area contributed by atoms with E-state index in [0.29, 0.717) is 0 Å². The first-order chi connectivity index (χ1) is 8.25. The van der Waals surface area contributed by atoms with Crippen molar-refractivity contribution in [2.75, 3.05) is 18.4 Å². The maximum Gasteiger partial charge on any atom is 0.126 e. The summed E-state index contributed by atoms with van der Waals surface area (Å²) in [6, 6.07) is 4.40. The first-order valence-electron chi connectivity index (χ1n) is 6.73. The van der Waals surface area contributed by atoms with E-state index in [9.17, 15) is 0 Å². The SMILES string of the molecule is CC1(Nc2ccc3c(n2)CCC3)CCNCC1. The van der Waals surface area contributed by atoms with Crippen molar-refractivity contribution in [1.29, 1.82) is 0 Å². The standard InChI is InChI=1S/C14H21N3/c1-14(7-9-15-10-8-14)17-13-6-5-11-3-2-4-12(11)16-13/h5-6,15H,2-4,7-10H2,1H3,(H,16,17). The third-order valence-electron chi connectivity index (χ3n) is 4.07. The monoisotopic (exact) mass is 231 g/mol. The fourth-order valence-electron chi connectivity index (χ4n) is 2.90. The molecule has 1 fully saturated rings. The highest BCUT2D eigenvalue weighted by molar-refractivity contribution is 5.42. The van der Waals surface area contributed by atoms with Crippen LogP contribution in [-0.4, -0.2) is 23.6 Å². The minimum Gasteiger partial charge on any atom is -0.365 e. The highest BCUT2D eigenvalue weighted by Crippen LogP contribution is 2.26. The second-order valence-electron chi connectivity index (χ2n) is 5.59. The molecule has 1 saturated heterocycles. The van der Waals surface area contributed by atoms with Crippen molar-refractivity contribution < 1.29 is 0 Å². The van der Waals surface area contributed by atoms with Crippen LogP contribution >= 0.6 is 0 Å². The van der Waals surface area contributed by atoms with Gasteiger partial charge >= 0.3 is 0 Å². The van der Waals surface area contributed by atoms with Gasteiger partial charge in [-0.25, -0.2) is 4.98 Å². The smallest absolute Gasteiger partial charge is 0.126 e. The molecule has 17 heavy (non-hydrogen) atoms. The van der Waals surface area contributed by atoms with Crippen molar-refractivity contribution in [1.82, 2.24) is 10.3 Å². The molecule has 1 aliphatic carbocycles.